The van der Waals surface area contributed by atoms with Crippen LogP contribution in [-0.2, 0) is 40.2 Å². The Morgan fingerprint density at radius 3 is 1.83 bits per heavy atom. The molecule has 0 aliphatic rings. The fourth-order valence-corrected chi connectivity index (χ4v) is 5.26. The molecule has 0 bridgehead atoms. The molecule has 0 aliphatic carbocycles. The number of azo groups is 2. The van der Waals surface area contributed by atoms with Gasteiger partial charge in [-0.1, -0.05) is 36.4 Å². The number of aliphatic hydroxyl groups excluding tert-OH is 2. The Morgan fingerprint density at radius 1 is 0.698 bits per heavy atom. The zero-order chi connectivity index (χ0) is 38.4. The Bertz CT molecular complexity index is 2300. The number of benzene rings is 4. The molecule has 1 aromatic heterocycles. The number of aliphatic hydroxyl groups is 2. The second kappa shape index (κ2) is 19.1. The van der Waals surface area contributed by atoms with Crippen molar-refractivity contribution in [2.45, 2.75) is 24.3 Å². The Hall–Kier alpha value is -5.86. The van der Waals surface area contributed by atoms with Crippen molar-refractivity contribution in [1.29, 1.82) is 0 Å². The third kappa shape index (κ3) is 12.4. The molecule has 0 saturated heterocycles. The van der Waals surface area contributed by atoms with Gasteiger partial charge in [-0.05, 0) is 59.7 Å². The molecule has 53 heavy (non-hydrogen) atoms. The van der Waals surface area contributed by atoms with Crippen LogP contribution in [0.4, 0.5) is 28.7 Å². The van der Waals surface area contributed by atoms with E-state index >= 15 is 0 Å². The van der Waals surface area contributed by atoms with Crippen LogP contribution in [0.1, 0.15) is 28.3 Å². The molecule has 0 unspecified atom stereocenters. The van der Waals surface area contributed by atoms with E-state index in [1.54, 1.807) is 49.4 Å². The maximum Gasteiger partial charge on any atom is 0.425 e. The lowest BCUT2D eigenvalue weighted by Gasteiger charge is -2.18. The summed E-state index contributed by atoms with van der Waals surface area (Å²) in [7, 11) is -4.14. The predicted octanol–water partition coefficient (Wildman–Crippen LogP) is 5.06. The van der Waals surface area contributed by atoms with Crippen LogP contribution in [-0.4, -0.2) is 78.1 Å². The largest absolute Gasteiger partial charge is 0.496 e. The van der Waals surface area contributed by atoms with Crippen LogP contribution in [0.25, 0.3) is 0 Å². The van der Waals surface area contributed by atoms with Crippen LogP contribution < -0.4 is 9.64 Å². The Morgan fingerprint density at radius 2 is 1.25 bits per heavy atom. The van der Waals surface area contributed by atoms with Gasteiger partial charge in [0, 0.05) is 38.1 Å². The second-order valence-electron chi connectivity index (χ2n) is 11.0. The fraction of sp³-hybridized carbons (Fsp3) is 0.206. The molecule has 276 valence electrons. The quantitative estimate of drug-likeness (QED) is 0.0991. The Balaban J connectivity index is 0.00000149. The van der Waals surface area contributed by atoms with E-state index in [0.717, 1.165) is 16.8 Å². The van der Waals surface area contributed by atoms with Crippen molar-refractivity contribution in [3.05, 3.63) is 119 Å². The van der Waals surface area contributed by atoms with E-state index < -0.39 is 20.7 Å². The van der Waals surface area contributed by atoms with E-state index in [4.69, 9.17) is 22.3 Å². The highest BCUT2D eigenvalue weighted by Crippen LogP contribution is 2.29. The zero-order valence-corrected chi connectivity index (χ0v) is 30.0. The standard InChI is InChI=1S/C34H34N8O6S.O3S/c1-42(15-16-43)34-36-32(18-23-11-13-28(17-25(23)22-44)40-39-27-9-6-10-30(20-27)49(45,46)47)35-33(37-34)19-24-12-14-29(21-31(24)48-2)41-38-26-7-4-3-5-8-26;1-4(2)3/h3-14,17,20-21,43-44H,15-16,18-19,22H2,1-2H3,(H,45,46,47);. The average molecular weight is 763 g/mol. The summed E-state index contributed by atoms with van der Waals surface area (Å²) in [6.07, 6.45) is 0.578. The van der Waals surface area contributed by atoms with Gasteiger partial charge in [0.2, 0.25) is 5.95 Å². The van der Waals surface area contributed by atoms with E-state index in [1.165, 1.54) is 18.2 Å². The van der Waals surface area contributed by atoms with Gasteiger partial charge in [-0.3, -0.25) is 4.55 Å². The lowest BCUT2D eigenvalue weighted by molar-refractivity contribution is 0.281. The number of aromatic nitrogens is 3. The van der Waals surface area contributed by atoms with Crippen LogP contribution in [0.5, 0.6) is 5.75 Å². The normalized spacial score (nSPS) is 11.3. The summed E-state index contributed by atoms with van der Waals surface area (Å²) in [5.41, 5.74) is 4.13. The lowest BCUT2D eigenvalue weighted by Crippen LogP contribution is -2.25. The highest BCUT2D eigenvalue weighted by atomic mass is 32.2. The molecule has 0 atom stereocenters. The topological polar surface area (TPSA) is 247 Å². The smallest absolute Gasteiger partial charge is 0.425 e. The van der Waals surface area contributed by atoms with Gasteiger partial charge in [-0.2, -0.15) is 38.8 Å². The number of rotatable bonds is 14. The minimum Gasteiger partial charge on any atom is -0.496 e. The number of anilines is 1. The third-order valence-corrected chi connectivity index (χ3v) is 8.10. The SMILES string of the molecule is COc1cc(N=Nc2ccccc2)ccc1Cc1nc(Cc2ccc(N=Nc3cccc(S(=O)(=O)O)c3)cc2CO)nc(N(C)CCO)n1.O=S(=O)=O. The highest BCUT2D eigenvalue weighted by molar-refractivity contribution is 7.85. The summed E-state index contributed by atoms with van der Waals surface area (Å²) in [6, 6.07) is 25.5. The molecule has 5 rings (SSSR count). The van der Waals surface area contributed by atoms with Gasteiger partial charge in [0.1, 0.15) is 17.4 Å². The summed E-state index contributed by atoms with van der Waals surface area (Å²) < 4.78 is 63.2. The van der Waals surface area contributed by atoms with Gasteiger partial charge in [-0.15, -0.1) is 12.6 Å². The molecule has 3 N–H and O–H groups in total. The molecule has 0 amide bonds. The first-order valence-electron chi connectivity index (χ1n) is 15.6. The van der Waals surface area contributed by atoms with Crippen LogP contribution in [0, 0.1) is 0 Å². The second-order valence-corrected chi connectivity index (χ2v) is 12.8. The number of methoxy groups -OCH3 is 1. The average Bonchev–Trinajstić information content (AvgIpc) is 3.14. The molecule has 5 aromatic rings. The zero-order valence-electron chi connectivity index (χ0n) is 28.4. The van der Waals surface area contributed by atoms with Crippen LogP contribution in [0.15, 0.2) is 116 Å². The molecule has 0 fully saturated rings. The Kier molecular flexibility index (Phi) is 14.4. The van der Waals surface area contributed by atoms with Crippen molar-refractivity contribution in [3.8, 4) is 5.75 Å². The molecule has 19 heteroatoms. The van der Waals surface area contributed by atoms with Crippen LogP contribution in [0.3, 0.4) is 0 Å². The first-order chi connectivity index (χ1) is 25.4. The fourth-order valence-electron chi connectivity index (χ4n) is 4.74. The number of ether oxygens (including phenoxy) is 1. The third-order valence-electron chi connectivity index (χ3n) is 7.25. The summed E-state index contributed by atoms with van der Waals surface area (Å²) in [6.45, 7) is -0.0795. The van der Waals surface area contributed by atoms with Crippen molar-refractivity contribution in [3.63, 3.8) is 0 Å². The maximum atomic E-state index is 11.5. The first-order valence-corrected chi connectivity index (χ1v) is 18.0. The van der Waals surface area contributed by atoms with Crippen molar-refractivity contribution < 1.29 is 40.5 Å². The summed E-state index contributed by atoms with van der Waals surface area (Å²) in [5, 5.41) is 36.6. The lowest BCUT2D eigenvalue weighted by atomic mass is 10.0. The molecule has 0 spiro atoms. The number of hydrogen-bond acceptors (Lipinski definition) is 16. The summed E-state index contributed by atoms with van der Waals surface area (Å²) >= 11 is 0. The van der Waals surface area contributed by atoms with Crippen LogP contribution in [0.2, 0.25) is 0 Å². The van der Waals surface area contributed by atoms with Gasteiger partial charge in [0.15, 0.2) is 0 Å². The van der Waals surface area contributed by atoms with Crippen molar-refractivity contribution >= 4 is 49.4 Å². The highest BCUT2D eigenvalue weighted by Gasteiger charge is 2.16. The molecule has 1 heterocycles. The van der Waals surface area contributed by atoms with E-state index in [-0.39, 0.29) is 30.2 Å². The van der Waals surface area contributed by atoms with Gasteiger partial charge in [0.25, 0.3) is 10.1 Å². The van der Waals surface area contributed by atoms with Gasteiger partial charge in [-0.25, -0.2) is 4.98 Å². The van der Waals surface area contributed by atoms with E-state index in [2.05, 4.69) is 30.4 Å². The molecule has 17 nitrogen and oxygen atoms in total. The first kappa shape index (κ1) is 39.9. The van der Waals surface area contributed by atoms with Crippen molar-refractivity contribution in [1.82, 2.24) is 15.0 Å². The molecular formula is C34H34N8O9S2. The van der Waals surface area contributed by atoms with E-state index in [9.17, 15) is 23.2 Å². The van der Waals surface area contributed by atoms with Crippen molar-refractivity contribution in [2.24, 2.45) is 20.5 Å². The van der Waals surface area contributed by atoms with Gasteiger partial charge >= 0.3 is 10.6 Å². The number of likely N-dealkylation sites (N-methyl/N-ethyl adjacent to an activating group) is 1. The summed E-state index contributed by atoms with van der Waals surface area (Å²) in [5.74, 6) is 1.89. The molecule has 0 aliphatic heterocycles. The van der Waals surface area contributed by atoms with Crippen LogP contribution >= 0.6 is 0 Å². The van der Waals surface area contributed by atoms with E-state index in [0.29, 0.717) is 53.3 Å². The maximum absolute atomic E-state index is 11.5. The van der Waals surface area contributed by atoms with Crippen molar-refractivity contribution in [2.75, 3.05) is 32.2 Å². The minimum atomic E-state index is -4.38. The van der Waals surface area contributed by atoms with Gasteiger partial charge in [0.05, 0.1) is 48.0 Å². The number of nitrogens with zero attached hydrogens (tertiary/aromatic N) is 8. The Labute approximate surface area is 306 Å². The molecule has 0 saturated carbocycles. The summed E-state index contributed by atoms with van der Waals surface area (Å²) in [4.78, 5) is 15.5. The number of hydrogen-bond donors (Lipinski definition) is 3. The van der Waals surface area contributed by atoms with Gasteiger partial charge < -0.3 is 19.8 Å². The van der Waals surface area contributed by atoms with E-state index in [1.807, 2.05) is 42.5 Å². The monoisotopic (exact) mass is 762 g/mol. The molecular weight excluding hydrogens is 729 g/mol. The minimum absolute atomic E-state index is 0.0928. The predicted molar refractivity (Wildman–Crippen MR) is 192 cm³/mol. The molecule has 4 aromatic carbocycles. The molecule has 0 radical (unpaired) electrons.